The van der Waals surface area contributed by atoms with Gasteiger partial charge in [-0.05, 0) is 74.6 Å². The van der Waals surface area contributed by atoms with Gasteiger partial charge in [0.2, 0.25) is 23.6 Å². The number of furan rings is 1. The van der Waals surface area contributed by atoms with Crippen LogP contribution in [0, 0.1) is 5.92 Å². The molecule has 6 amide bonds. The highest BCUT2D eigenvalue weighted by atomic mass is 16.3. The van der Waals surface area contributed by atoms with Gasteiger partial charge in [0.05, 0.1) is 30.1 Å². The third-order valence-corrected chi connectivity index (χ3v) is 13.0. The van der Waals surface area contributed by atoms with Crippen LogP contribution in [-0.4, -0.2) is 117 Å². The minimum atomic E-state index is -1.00. The van der Waals surface area contributed by atoms with Crippen molar-refractivity contribution in [3.05, 3.63) is 90.3 Å². The van der Waals surface area contributed by atoms with Gasteiger partial charge < -0.3 is 29.8 Å². The molecule has 0 aliphatic carbocycles. The number of amides is 6. The number of hydrogen-bond donors (Lipinski definition) is 3. The zero-order valence-electron chi connectivity index (χ0n) is 36.2. The van der Waals surface area contributed by atoms with Crippen LogP contribution in [0.4, 0.5) is 17.2 Å². The van der Waals surface area contributed by atoms with E-state index in [1.165, 1.54) is 0 Å². The van der Waals surface area contributed by atoms with Crippen LogP contribution in [0.3, 0.4) is 0 Å². The first kappa shape index (κ1) is 43.2. The summed E-state index contributed by atoms with van der Waals surface area (Å²) in [4.78, 5) is 88.5. The number of nitrogens with one attached hydrogen (secondary N) is 3. The predicted octanol–water partition coefficient (Wildman–Crippen LogP) is 4.42. The van der Waals surface area contributed by atoms with Gasteiger partial charge in [-0.2, -0.15) is 0 Å². The molecule has 9 rings (SSSR count). The quantitative estimate of drug-likeness (QED) is 0.0928. The molecule has 7 heterocycles. The number of imide groups is 2. The van der Waals surface area contributed by atoms with E-state index in [0.29, 0.717) is 64.2 Å². The Morgan fingerprint density at radius 3 is 2.31 bits per heavy atom. The second kappa shape index (κ2) is 19.3. The molecule has 2 aromatic carbocycles. The van der Waals surface area contributed by atoms with Crippen LogP contribution < -0.4 is 25.8 Å². The van der Waals surface area contributed by atoms with Crippen LogP contribution in [0.1, 0.15) is 90.7 Å². The van der Waals surface area contributed by atoms with Gasteiger partial charge in [0.15, 0.2) is 5.65 Å². The van der Waals surface area contributed by atoms with Gasteiger partial charge in [0.25, 0.3) is 11.8 Å². The Hall–Kier alpha value is -7.11. The Kier molecular flexibility index (Phi) is 12.8. The summed E-state index contributed by atoms with van der Waals surface area (Å²) >= 11 is 0. The van der Waals surface area contributed by atoms with Crippen molar-refractivity contribution in [2.45, 2.75) is 76.8 Å². The summed E-state index contributed by atoms with van der Waals surface area (Å²) in [5.41, 5.74) is 4.74. The molecule has 3 fully saturated rings. The van der Waals surface area contributed by atoms with Crippen LogP contribution in [-0.2, 0) is 25.7 Å². The fourth-order valence-corrected chi connectivity index (χ4v) is 9.29. The van der Waals surface area contributed by atoms with Gasteiger partial charge in [-0.15, -0.1) is 10.2 Å². The molecule has 338 valence electrons. The number of piperidine rings is 2. The lowest BCUT2D eigenvalue weighted by Crippen LogP contribution is -2.54. The predicted molar refractivity (Wildman–Crippen MR) is 240 cm³/mol. The number of hydrogen-bond acceptors (Lipinski definition) is 13. The largest absolute Gasteiger partial charge is 0.467 e. The normalized spacial score (nSPS) is 18.1. The second-order valence-corrected chi connectivity index (χ2v) is 17.1. The highest BCUT2D eigenvalue weighted by Crippen LogP contribution is 2.33. The maximum absolute atomic E-state index is 13.3. The molecule has 5 aromatic rings. The summed E-state index contributed by atoms with van der Waals surface area (Å²) in [6.07, 6.45) is 11.9. The second-order valence-electron chi connectivity index (χ2n) is 17.1. The Labute approximate surface area is 375 Å². The molecule has 1 atom stereocenters. The molecule has 4 aliphatic heterocycles. The minimum Gasteiger partial charge on any atom is -0.467 e. The van der Waals surface area contributed by atoms with Crippen molar-refractivity contribution in [1.82, 2.24) is 40.0 Å². The van der Waals surface area contributed by atoms with Crippen molar-refractivity contribution in [1.29, 1.82) is 0 Å². The number of anilines is 3. The van der Waals surface area contributed by atoms with Gasteiger partial charge in [-0.3, -0.25) is 43.4 Å². The van der Waals surface area contributed by atoms with Crippen LogP contribution in [0.5, 0.6) is 0 Å². The summed E-state index contributed by atoms with van der Waals surface area (Å²) in [5, 5.41) is 17.1. The highest BCUT2D eigenvalue weighted by molar-refractivity contribution is 6.23. The molecule has 0 saturated carbocycles. The standard InChI is InChI=1S/C47H53N11O7/c59-40-16-15-38(45(62)52-40)58-46(63)36-14-13-34(27-37(36)47(58)64)54-20-17-32(18-21-54)44(61)48-19-5-3-1-2-4-8-41(60)56-24-22-55(23-25-56)33-11-9-31(10-12-33)42-43-53-51-30-57(43)39(29-50-42)49-28-35-7-6-26-65-35/h6-7,9-14,26-27,29-30,32,38,49H,1-5,8,15-25,28H2,(H,48,61)(H,52,59,62). The number of unbranched alkanes of at least 4 members (excludes halogenated alkanes) is 4. The molecule has 18 nitrogen and oxygen atoms in total. The van der Waals surface area contributed by atoms with E-state index in [1.807, 2.05) is 21.4 Å². The SMILES string of the molecule is O=C1CCC(N2C(=O)c3ccc(N4CCC(C(=O)NCCCCCCCC(=O)N5CCN(c6ccc(-c7ncc(NCc8ccco8)n8cnnc78)cc6)CC5)CC4)cc3C2=O)C(=O)N1. The number of carbonyl (C=O) groups excluding carboxylic acids is 6. The number of nitrogens with zero attached hydrogens (tertiary/aromatic N) is 8. The Morgan fingerprint density at radius 1 is 0.800 bits per heavy atom. The summed E-state index contributed by atoms with van der Waals surface area (Å²) in [6, 6.07) is 16.2. The first-order chi connectivity index (χ1) is 31.7. The number of fused-ring (bicyclic) bond motifs is 2. The average molecular weight is 884 g/mol. The van der Waals surface area contributed by atoms with Crippen molar-refractivity contribution < 1.29 is 33.2 Å². The topological polar surface area (TPSA) is 208 Å². The van der Waals surface area contributed by atoms with E-state index in [2.05, 4.69) is 60.2 Å². The summed E-state index contributed by atoms with van der Waals surface area (Å²) in [6.45, 7) is 5.33. The van der Waals surface area contributed by atoms with E-state index >= 15 is 0 Å². The van der Waals surface area contributed by atoms with Crippen molar-refractivity contribution in [3.63, 3.8) is 0 Å². The van der Waals surface area contributed by atoms with Crippen LogP contribution in [0.15, 0.2) is 77.8 Å². The molecule has 65 heavy (non-hydrogen) atoms. The first-order valence-corrected chi connectivity index (χ1v) is 22.7. The molecule has 0 spiro atoms. The van der Waals surface area contributed by atoms with E-state index in [9.17, 15) is 28.8 Å². The molecule has 3 aromatic heterocycles. The molecule has 1 unspecified atom stereocenters. The summed E-state index contributed by atoms with van der Waals surface area (Å²) < 4.78 is 7.31. The molecule has 3 N–H and O–H groups in total. The van der Waals surface area contributed by atoms with Gasteiger partial charge in [-0.1, -0.05) is 31.4 Å². The van der Waals surface area contributed by atoms with Crippen molar-refractivity contribution in [2.24, 2.45) is 5.92 Å². The first-order valence-electron chi connectivity index (χ1n) is 22.7. The third kappa shape index (κ3) is 9.42. The molecular formula is C47H53N11O7. The van der Waals surface area contributed by atoms with E-state index < -0.39 is 29.7 Å². The Morgan fingerprint density at radius 2 is 1.54 bits per heavy atom. The summed E-state index contributed by atoms with van der Waals surface area (Å²) in [5.74, 6) is -0.344. The van der Waals surface area contributed by atoms with Crippen molar-refractivity contribution in [3.8, 4) is 11.3 Å². The number of benzene rings is 2. The third-order valence-electron chi connectivity index (χ3n) is 13.0. The average Bonchev–Trinajstić information content (AvgIpc) is 4.10. The Balaban J connectivity index is 0.634. The fraction of sp³-hybridized carbons (Fsp3) is 0.426. The molecule has 4 aliphatic rings. The zero-order chi connectivity index (χ0) is 44.9. The van der Waals surface area contributed by atoms with E-state index in [4.69, 9.17) is 9.40 Å². The molecule has 0 radical (unpaired) electrons. The van der Waals surface area contributed by atoms with Crippen LogP contribution >= 0.6 is 0 Å². The van der Waals surface area contributed by atoms with Gasteiger partial charge in [0, 0.05) is 81.5 Å². The lowest BCUT2D eigenvalue weighted by atomic mass is 9.95. The van der Waals surface area contributed by atoms with Gasteiger partial charge >= 0.3 is 0 Å². The molecular weight excluding hydrogens is 831 g/mol. The van der Waals surface area contributed by atoms with E-state index in [0.717, 1.165) is 84.3 Å². The van der Waals surface area contributed by atoms with Gasteiger partial charge in [0.1, 0.15) is 29.6 Å². The lowest BCUT2D eigenvalue weighted by Gasteiger charge is -2.36. The number of piperazine rings is 1. The Bertz CT molecular complexity index is 2560. The molecule has 3 saturated heterocycles. The van der Waals surface area contributed by atoms with E-state index in [-0.39, 0.29) is 41.7 Å². The van der Waals surface area contributed by atoms with E-state index in [1.54, 1.807) is 37.0 Å². The van der Waals surface area contributed by atoms with Crippen molar-refractivity contribution >= 4 is 58.3 Å². The van der Waals surface area contributed by atoms with Crippen LogP contribution in [0.25, 0.3) is 16.9 Å². The maximum atomic E-state index is 13.3. The fourth-order valence-electron chi connectivity index (χ4n) is 9.29. The van der Waals surface area contributed by atoms with Crippen molar-refractivity contribution in [2.75, 3.05) is 60.9 Å². The molecule has 0 bridgehead atoms. The number of rotatable bonds is 16. The molecule has 18 heteroatoms. The summed E-state index contributed by atoms with van der Waals surface area (Å²) in [7, 11) is 0. The lowest BCUT2D eigenvalue weighted by molar-refractivity contribution is -0.136. The highest BCUT2D eigenvalue weighted by Gasteiger charge is 2.45. The number of carbonyl (C=O) groups is 6. The smallest absolute Gasteiger partial charge is 0.262 e. The monoisotopic (exact) mass is 883 g/mol. The minimum absolute atomic E-state index is 0.0604. The zero-order valence-corrected chi connectivity index (χ0v) is 36.2. The number of aromatic nitrogens is 4. The van der Waals surface area contributed by atoms with Gasteiger partial charge in [-0.25, -0.2) is 4.98 Å². The maximum Gasteiger partial charge on any atom is 0.262 e. The van der Waals surface area contributed by atoms with Crippen LogP contribution in [0.2, 0.25) is 0 Å².